The number of hydrogen-bond donors (Lipinski definition) is 2. The van der Waals surface area contributed by atoms with Gasteiger partial charge in [0.05, 0.1) is 0 Å². The van der Waals surface area contributed by atoms with Crippen LogP contribution in [-0.4, -0.2) is 12.9 Å². The monoisotopic (exact) mass is 351 g/mol. The van der Waals surface area contributed by atoms with Gasteiger partial charge in [0.25, 0.3) is 0 Å². The summed E-state index contributed by atoms with van der Waals surface area (Å²) in [7, 11) is 1.97. The fourth-order valence-corrected chi connectivity index (χ4v) is 2.67. The standard InChI is InChI=1S/C15H15BrClN3/c1-20(9-10-3-2-4-11(16)7-10)14-6-5-12(17)8-13(14)15(18)19/h2-8H,9H2,1H3,(H3,18,19). The summed E-state index contributed by atoms with van der Waals surface area (Å²) >= 11 is 9.44. The van der Waals surface area contributed by atoms with Crippen LogP contribution in [0.1, 0.15) is 11.1 Å². The van der Waals surface area contributed by atoms with Crippen molar-refractivity contribution in [1.29, 1.82) is 5.41 Å². The van der Waals surface area contributed by atoms with Gasteiger partial charge < -0.3 is 10.6 Å². The number of nitrogens with zero attached hydrogens (tertiary/aromatic N) is 1. The third-order valence-electron chi connectivity index (χ3n) is 2.97. The Bertz CT molecular complexity index is 643. The maximum atomic E-state index is 7.67. The highest BCUT2D eigenvalue weighted by molar-refractivity contribution is 9.10. The zero-order valence-electron chi connectivity index (χ0n) is 11.0. The first kappa shape index (κ1) is 14.9. The lowest BCUT2D eigenvalue weighted by molar-refractivity contribution is 0.920. The summed E-state index contributed by atoms with van der Waals surface area (Å²) in [6.07, 6.45) is 0. The zero-order chi connectivity index (χ0) is 14.7. The summed E-state index contributed by atoms with van der Waals surface area (Å²) in [4.78, 5) is 2.05. The van der Waals surface area contributed by atoms with Crippen molar-refractivity contribution in [2.24, 2.45) is 5.73 Å². The summed E-state index contributed by atoms with van der Waals surface area (Å²) in [5, 5.41) is 8.24. The van der Waals surface area contributed by atoms with E-state index in [9.17, 15) is 0 Å². The minimum Gasteiger partial charge on any atom is -0.384 e. The molecule has 3 N–H and O–H groups in total. The molecule has 2 rings (SSSR count). The smallest absolute Gasteiger partial charge is 0.124 e. The van der Waals surface area contributed by atoms with E-state index in [1.165, 1.54) is 5.56 Å². The lowest BCUT2D eigenvalue weighted by Crippen LogP contribution is -2.22. The van der Waals surface area contributed by atoms with Gasteiger partial charge in [0.1, 0.15) is 5.84 Å². The third-order valence-corrected chi connectivity index (χ3v) is 3.70. The number of hydrogen-bond acceptors (Lipinski definition) is 2. The Morgan fingerprint density at radius 2 is 2.05 bits per heavy atom. The second kappa shape index (κ2) is 6.29. The summed E-state index contributed by atoms with van der Waals surface area (Å²) in [5.41, 5.74) is 8.34. The highest BCUT2D eigenvalue weighted by atomic mass is 79.9. The second-order valence-corrected chi connectivity index (χ2v) is 5.91. The molecule has 104 valence electrons. The number of nitrogen functional groups attached to an aromatic ring is 1. The Hall–Kier alpha value is -1.52. The Kier molecular flexibility index (Phi) is 4.68. The molecule has 0 fully saturated rings. The van der Waals surface area contributed by atoms with E-state index >= 15 is 0 Å². The van der Waals surface area contributed by atoms with E-state index in [4.69, 9.17) is 22.7 Å². The normalized spacial score (nSPS) is 10.3. The molecule has 2 aromatic carbocycles. The molecule has 0 aliphatic carbocycles. The van der Waals surface area contributed by atoms with E-state index in [2.05, 4.69) is 33.0 Å². The Balaban J connectivity index is 2.29. The van der Waals surface area contributed by atoms with Gasteiger partial charge in [-0.25, -0.2) is 0 Å². The molecule has 20 heavy (non-hydrogen) atoms. The first-order valence-corrected chi connectivity index (χ1v) is 7.24. The number of halogens is 2. The van der Waals surface area contributed by atoms with E-state index in [1.807, 2.05) is 25.2 Å². The first-order chi connectivity index (χ1) is 9.47. The molecule has 0 aromatic heterocycles. The molecular weight excluding hydrogens is 338 g/mol. The number of amidine groups is 1. The number of benzene rings is 2. The number of rotatable bonds is 4. The van der Waals surface area contributed by atoms with Gasteiger partial charge in [0, 0.05) is 34.3 Å². The van der Waals surface area contributed by atoms with E-state index < -0.39 is 0 Å². The first-order valence-electron chi connectivity index (χ1n) is 6.07. The van der Waals surface area contributed by atoms with Crippen molar-refractivity contribution in [3.8, 4) is 0 Å². The molecule has 0 saturated heterocycles. The molecular formula is C15H15BrClN3. The SMILES string of the molecule is CN(Cc1cccc(Br)c1)c1ccc(Cl)cc1C(=N)N. The van der Waals surface area contributed by atoms with Crippen molar-refractivity contribution in [2.75, 3.05) is 11.9 Å². The van der Waals surface area contributed by atoms with Gasteiger partial charge in [-0.15, -0.1) is 0 Å². The molecule has 0 saturated carbocycles. The predicted octanol–water partition coefficient (Wildman–Crippen LogP) is 4.02. The van der Waals surface area contributed by atoms with Crippen LogP contribution in [-0.2, 0) is 6.54 Å². The number of nitrogens with two attached hydrogens (primary N) is 1. The average molecular weight is 353 g/mol. The van der Waals surface area contributed by atoms with Crippen LogP contribution in [0.3, 0.4) is 0 Å². The van der Waals surface area contributed by atoms with Crippen molar-refractivity contribution in [2.45, 2.75) is 6.54 Å². The van der Waals surface area contributed by atoms with E-state index in [-0.39, 0.29) is 5.84 Å². The lowest BCUT2D eigenvalue weighted by Gasteiger charge is -2.22. The topological polar surface area (TPSA) is 53.1 Å². The van der Waals surface area contributed by atoms with E-state index in [0.717, 1.165) is 16.7 Å². The lowest BCUT2D eigenvalue weighted by atomic mass is 10.1. The molecule has 3 nitrogen and oxygen atoms in total. The van der Waals surface area contributed by atoms with Crippen LogP contribution in [0.5, 0.6) is 0 Å². The van der Waals surface area contributed by atoms with Gasteiger partial charge in [-0.05, 0) is 35.9 Å². The zero-order valence-corrected chi connectivity index (χ0v) is 13.4. The van der Waals surface area contributed by atoms with Gasteiger partial charge >= 0.3 is 0 Å². The van der Waals surface area contributed by atoms with Crippen molar-refractivity contribution in [3.05, 3.63) is 63.1 Å². The van der Waals surface area contributed by atoms with Crippen LogP contribution in [0.15, 0.2) is 46.9 Å². The molecule has 2 aromatic rings. The minimum absolute atomic E-state index is 0.0172. The van der Waals surface area contributed by atoms with E-state index in [0.29, 0.717) is 10.6 Å². The predicted molar refractivity (Wildman–Crippen MR) is 88.7 cm³/mol. The van der Waals surface area contributed by atoms with Gasteiger partial charge in [0.2, 0.25) is 0 Å². The van der Waals surface area contributed by atoms with Crippen LogP contribution >= 0.6 is 27.5 Å². The molecule has 0 atom stereocenters. The Morgan fingerprint density at radius 1 is 1.30 bits per heavy atom. The van der Waals surface area contributed by atoms with E-state index in [1.54, 1.807) is 12.1 Å². The number of nitrogens with one attached hydrogen (secondary N) is 1. The molecule has 0 heterocycles. The molecule has 0 amide bonds. The average Bonchev–Trinajstić information content (AvgIpc) is 2.38. The largest absolute Gasteiger partial charge is 0.384 e. The highest BCUT2D eigenvalue weighted by Crippen LogP contribution is 2.25. The quantitative estimate of drug-likeness (QED) is 0.645. The van der Waals surface area contributed by atoms with Gasteiger partial charge in [-0.2, -0.15) is 0 Å². The molecule has 0 aliphatic heterocycles. The fraction of sp³-hybridized carbons (Fsp3) is 0.133. The minimum atomic E-state index is 0.0172. The van der Waals surface area contributed by atoms with Crippen molar-refractivity contribution >= 4 is 39.1 Å². The summed E-state index contributed by atoms with van der Waals surface area (Å²) in [6, 6.07) is 13.5. The van der Waals surface area contributed by atoms with Gasteiger partial charge in [0.15, 0.2) is 0 Å². The van der Waals surface area contributed by atoms with Crippen LogP contribution in [0.2, 0.25) is 5.02 Å². The van der Waals surface area contributed by atoms with Gasteiger partial charge in [-0.3, -0.25) is 5.41 Å². The molecule has 0 bridgehead atoms. The molecule has 0 radical (unpaired) electrons. The van der Waals surface area contributed by atoms with Crippen LogP contribution in [0.4, 0.5) is 5.69 Å². The highest BCUT2D eigenvalue weighted by Gasteiger charge is 2.11. The third kappa shape index (κ3) is 3.52. The maximum Gasteiger partial charge on any atom is 0.124 e. The summed E-state index contributed by atoms with van der Waals surface area (Å²) in [6.45, 7) is 0.724. The summed E-state index contributed by atoms with van der Waals surface area (Å²) < 4.78 is 1.05. The van der Waals surface area contributed by atoms with Crippen molar-refractivity contribution < 1.29 is 0 Å². The van der Waals surface area contributed by atoms with Crippen LogP contribution in [0.25, 0.3) is 0 Å². The summed E-state index contributed by atoms with van der Waals surface area (Å²) in [5.74, 6) is 0.0172. The van der Waals surface area contributed by atoms with Crippen LogP contribution < -0.4 is 10.6 Å². The van der Waals surface area contributed by atoms with Crippen LogP contribution in [0, 0.1) is 5.41 Å². The molecule has 0 aliphatic rings. The molecule has 0 spiro atoms. The number of anilines is 1. The maximum absolute atomic E-state index is 7.67. The second-order valence-electron chi connectivity index (χ2n) is 4.56. The van der Waals surface area contributed by atoms with Crippen molar-refractivity contribution in [3.63, 3.8) is 0 Å². The molecule has 0 unspecified atom stereocenters. The fourth-order valence-electron chi connectivity index (χ4n) is 2.05. The van der Waals surface area contributed by atoms with Gasteiger partial charge in [-0.1, -0.05) is 39.7 Å². The molecule has 5 heteroatoms. The Morgan fingerprint density at radius 3 is 2.70 bits per heavy atom. The Labute approximate surface area is 132 Å². The van der Waals surface area contributed by atoms with Crippen molar-refractivity contribution in [1.82, 2.24) is 0 Å².